The Hall–Kier alpha value is -2.65. The van der Waals surface area contributed by atoms with Crippen molar-refractivity contribution >= 4 is 44.9 Å². The smallest absolute Gasteiger partial charge is 0.271 e. The van der Waals surface area contributed by atoms with Crippen LogP contribution in [0.15, 0.2) is 52.4 Å². The third-order valence-corrected chi connectivity index (χ3v) is 6.43. The van der Waals surface area contributed by atoms with E-state index in [1.807, 2.05) is 35.8 Å². The molecule has 0 atom stereocenters. The first kappa shape index (κ1) is 21.1. The molecule has 1 heterocycles. The number of nitro groups is 1. The maximum Gasteiger partial charge on any atom is 0.271 e. The van der Waals surface area contributed by atoms with Gasteiger partial charge < -0.3 is 9.30 Å². The Morgan fingerprint density at radius 1 is 1.28 bits per heavy atom. The first-order chi connectivity index (χ1) is 14.0. The molecule has 152 valence electrons. The topological polar surface area (TPSA) is 86.7 Å². The molecule has 0 radical (unpaired) electrons. The highest BCUT2D eigenvalue weighted by atomic mass is 32.2. The molecule has 1 amide bonds. The minimum absolute atomic E-state index is 0.0333. The molecule has 9 heteroatoms. The van der Waals surface area contributed by atoms with Crippen molar-refractivity contribution in [2.24, 2.45) is 4.99 Å². The molecule has 0 spiro atoms. The van der Waals surface area contributed by atoms with Crippen LogP contribution >= 0.6 is 23.1 Å². The second-order valence-corrected chi connectivity index (χ2v) is 8.35. The Kier molecular flexibility index (Phi) is 7.05. The summed E-state index contributed by atoms with van der Waals surface area (Å²) < 4.78 is 7.86. The first-order valence-electron chi connectivity index (χ1n) is 9.14. The number of carbonyl (C=O) groups excluding carboxylic acids is 1. The summed E-state index contributed by atoms with van der Waals surface area (Å²) in [5.41, 5.74) is 0.763. The minimum atomic E-state index is -0.417. The van der Waals surface area contributed by atoms with E-state index in [2.05, 4.69) is 4.99 Å². The number of benzene rings is 2. The number of nitro benzene ring substituents is 1. The zero-order chi connectivity index (χ0) is 20.8. The second-order valence-electron chi connectivity index (χ2n) is 6.17. The molecular weight excluding hydrogens is 410 g/mol. The van der Waals surface area contributed by atoms with E-state index in [9.17, 15) is 14.9 Å². The number of thiazole rings is 1. The lowest BCUT2D eigenvalue weighted by Gasteiger charge is -2.03. The van der Waals surface area contributed by atoms with Crippen molar-refractivity contribution in [1.82, 2.24) is 4.57 Å². The van der Waals surface area contributed by atoms with Gasteiger partial charge >= 0.3 is 0 Å². The summed E-state index contributed by atoms with van der Waals surface area (Å²) in [6.45, 7) is 2.51. The van der Waals surface area contributed by atoms with Crippen LogP contribution in [0, 0.1) is 10.1 Å². The van der Waals surface area contributed by atoms with E-state index < -0.39 is 4.92 Å². The summed E-state index contributed by atoms with van der Waals surface area (Å²) in [4.78, 5) is 28.9. The Balaban J connectivity index is 1.65. The lowest BCUT2D eigenvalue weighted by molar-refractivity contribution is -0.384. The first-order valence-corrected chi connectivity index (χ1v) is 10.9. The Morgan fingerprint density at radius 2 is 2.03 bits per heavy atom. The van der Waals surface area contributed by atoms with Gasteiger partial charge in [-0.1, -0.05) is 11.3 Å². The fourth-order valence-corrected chi connectivity index (χ4v) is 4.75. The van der Waals surface area contributed by atoms with E-state index in [4.69, 9.17) is 4.74 Å². The van der Waals surface area contributed by atoms with Crippen LogP contribution in [0.25, 0.3) is 10.2 Å². The molecule has 1 aromatic heterocycles. The zero-order valence-corrected chi connectivity index (χ0v) is 17.8. The quantitative estimate of drug-likeness (QED) is 0.224. The van der Waals surface area contributed by atoms with Gasteiger partial charge in [-0.2, -0.15) is 4.99 Å². The van der Waals surface area contributed by atoms with Crippen molar-refractivity contribution in [2.75, 3.05) is 12.9 Å². The van der Waals surface area contributed by atoms with Crippen LogP contribution in [0.4, 0.5) is 5.69 Å². The monoisotopic (exact) mass is 431 g/mol. The maximum absolute atomic E-state index is 12.3. The highest BCUT2D eigenvalue weighted by Crippen LogP contribution is 2.24. The number of aryl methyl sites for hydroxylation is 1. The van der Waals surface area contributed by atoms with E-state index in [0.717, 1.165) is 33.0 Å². The largest absolute Gasteiger partial charge is 0.497 e. The summed E-state index contributed by atoms with van der Waals surface area (Å²) in [6, 6.07) is 12.5. The van der Waals surface area contributed by atoms with Gasteiger partial charge in [0.1, 0.15) is 5.75 Å². The molecule has 29 heavy (non-hydrogen) atoms. The second kappa shape index (κ2) is 9.71. The average molecular weight is 432 g/mol. The molecule has 0 aliphatic carbocycles. The zero-order valence-electron chi connectivity index (χ0n) is 16.2. The molecule has 0 aliphatic heterocycles. The molecule has 3 aromatic rings. The molecule has 2 aromatic carbocycles. The van der Waals surface area contributed by atoms with Gasteiger partial charge in [0.2, 0.25) is 5.91 Å². The molecule has 0 saturated heterocycles. The Labute approximate surface area is 176 Å². The molecule has 0 N–H and O–H groups in total. The number of methoxy groups -OCH3 is 1. The Morgan fingerprint density at radius 3 is 2.69 bits per heavy atom. The third kappa shape index (κ3) is 5.24. The molecule has 0 fully saturated rings. The van der Waals surface area contributed by atoms with E-state index in [1.165, 1.54) is 23.5 Å². The van der Waals surface area contributed by atoms with Crippen LogP contribution in [0.1, 0.15) is 19.8 Å². The lowest BCUT2D eigenvalue weighted by Crippen LogP contribution is -2.15. The van der Waals surface area contributed by atoms with E-state index in [1.54, 1.807) is 24.9 Å². The number of fused-ring (bicyclic) bond motifs is 1. The van der Waals surface area contributed by atoms with Gasteiger partial charge in [-0.3, -0.25) is 14.9 Å². The van der Waals surface area contributed by atoms with Crippen molar-refractivity contribution in [3.8, 4) is 5.75 Å². The molecular formula is C20H21N3O4S2. The van der Waals surface area contributed by atoms with Crippen molar-refractivity contribution in [2.45, 2.75) is 31.2 Å². The molecule has 3 rings (SSSR count). The van der Waals surface area contributed by atoms with Gasteiger partial charge in [-0.05, 0) is 49.4 Å². The van der Waals surface area contributed by atoms with Gasteiger partial charge in [0.25, 0.3) is 5.69 Å². The number of thioether (sulfide) groups is 1. The van der Waals surface area contributed by atoms with Crippen LogP contribution in [-0.2, 0) is 11.3 Å². The number of aromatic nitrogens is 1. The molecule has 7 nitrogen and oxygen atoms in total. The predicted molar refractivity (Wildman–Crippen MR) is 116 cm³/mol. The summed E-state index contributed by atoms with van der Waals surface area (Å²) in [5, 5.41) is 11.0. The highest BCUT2D eigenvalue weighted by Gasteiger charge is 2.12. The summed E-state index contributed by atoms with van der Waals surface area (Å²) >= 11 is 3.06. The molecule has 0 aliphatic rings. The van der Waals surface area contributed by atoms with Gasteiger partial charge in [0.15, 0.2) is 4.80 Å². The number of amides is 1. The van der Waals surface area contributed by atoms with Gasteiger partial charge in [-0.15, -0.1) is 11.8 Å². The van der Waals surface area contributed by atoms with Crippen molar-refractivity contribution in [3.05, 3.63) is 57.4 Å². The third-order valence-electron chi connectivity index (χ3n) is 4.28. The average Bonchev–Trinajstić information content (AvgIpc) is 3.07. The van der Waals surface area contributed by atoms with Crippen LogP contribution < -0.4 is 9.54 Å². The van der Waals surface area contributed by atoms with Crippen molar-refractivity contribution < 1.29 is 14.5 Å². The van der Waals surface area contributed by atoms with Crippen LogP contribution in [0.5, 0.6) is 5.75 Å². The van der Waals surface area contributed by atoms with E-state index in [0.29, 0.717) is 17.8 Å². The van der Waals surface area contributed by atoms with Crippen molar-refractivity contribution in [1.29, 1.82) is 0 Å². The van der Waals surface area contributed by atoms with E-state index >= 15 is 0 Å². The fourth-order valence-electron chi connectivity index (χ4n) is 2.81. The number of carbonyl (C=O) groups is 1. The molecule has 0 bridgehead atoms. The van der Waals surface area contributed by atoms with Crippen molar-refractivity contribution in [3.63, 3.8) is 0 Å². The number of rotatable bonds is 8. The van der Waals surface area contributed by atoms with Crippen LogP contribution in [-0.4, -0.2) is 28.3 Å². The van der Waals surface area contributed by atoms with Crippen LogP contribution in [0.3, 0.4) is 0 Å². The number of hydrogen-bond acceptors (Lipinski definition) is 6. The normalized spacial score (nSPS) is 11.7. The lowest BCUT2D eigenvalue weighted by atomic mass is 10.3. The van der Waals surface area contributed by atoms with Gasteiger partial charge in [0, 0.05) is 30.0 Å². The van der Waals surface area contributed by atoms with Gasteiger partial charge in [0.05, 0.1) is 22.2 Å². The minimum Gasteiger partial charge on any atom is -0.497 e. The predicted octanol–water partition coefficient (Wildman–Crippen LogP) is 4.64. The number of non-ortho nitro benzene ring substituents is 1. The number of nitrogens with zero attached hydrogens (tertiary/aromatic N) is 3. The summed E-state index contributed by atoms with van der Waals surface area (Å²) in [6.07, 6.45) is 1.09. The summed E-state index contributed by atoms with van der Waals surface area (Å²) in [7, 11) is 1.64. The Bertz CT molecular complexity index is 1090. The SMILES string of the molecule is CCn1c(=NC(=O)CCCSc2ccc(OC)cc2)sc2ccc([N+](=O)[O-])cc21. The number of ether oxygens (including phenoxy) is 1. The molecule has 0 saturated carbocycles. The van der Waals surface area contributed by atoms with Crippen LogP contribution in [0.2, 0.25) is 0 Å². The highest BCUT2D eigenvalue weighted by molar-refractivity contribution is 7.99. The fraction of sp³-hybridized carbons (Fsp3) is 0.300. The summed E-state index contributed by atoms with van der Waals surface area (Å²) in [5.74, 6) is 1.46. The van der Waals surface area contributed by atoms with E-state index in [-0.39, 0.29) is 11.6 Å². The molecule has 0 unspecified atom stereocenters. The maximum atomic E-state index is 12.3. The standard InChI is InChI=1S/C20H21N3O4S2/c1-3-22-17-13-14(23(25)26)6-11-18(17)29-20(22)21-19(24)5-4-12-28-16-9-7-15(27-2)8-10-16/h6-11,13H,3-5,12H2,1-2H3. The number of hydrogen-bond donors (Lipinski definition) is 0. The van der Waals surface area contributed by atoms with Gasteiger partial charge in [-0.25, -0.2) is 0 Å².